The number of hydrazone groups is 1. The van der Waals surface area contributed by atoms with Gasteiger partial charge in [0.15, 0.2) is 11.5 Å². The van der Waals surface area contributed by atoms with Crippen LogP contribution in [0.3, 0.4) is 0 Å². The first-order valence-corrected chi connectivity index (χ1v) is 12.3. The van der Waals surface area contributed by atoms with Gasteiger partial charge in [-0.05, 0) is 64.6 Å². The fourth-order valence-electron chi connectivity index (χ4n) is 3.01. The summed E-state index contributed by atoms with van der Waals surface area (Å²) in [5.74, 6) is 0.580. The zero-order valence-corrected chi connectivity index (χ0v) is 23.0. The predicted octanol–water partition coefficient (Wildman–Crippen LogP) is 5.67. The number of nitrogens with one attached hydrogen (secondary N) is 2. The molecule has 0 aromatic heterocycles. The van der Waals surface area contributed by atoms with Gasteiger partial charge in [0.1, 0.15) is 18.8 Å². The molecule has 0 aliphatic rings. The number of anilines is 1. The van der Waals surface area contributed by atoms with Crippen LogP contribution in [0.2, 0.25) is 10.0 Å². The molecule has 36 heavy (non-hydrogen) atoms. The summed E-state index contributed by atoms with van der Waals surface area (Å²) in [6.07, 6.45) is 1.05. The minimum Gasteiger partial charge on any atom is -0.497 e. The van der Waals surface area contributed by atoms with E-state index in [1.54, 1.807) is 48.5 Å². The summed E-state index contributed by atoms with van der Waals surface area (Å²) >= 11 is 14.3. The Balaban J connectivity index is 1.57. The molecule has 3 aromatic carbocycles. The molecule has 0 fully saturated rings. The molecule has 0 heterocycles. The molecule has 3 rings (SSSR count). The number of carbonyl (C=O) groups excluding carboxylic acids is 2. The van der Waals surface area contributed by atoms with Gasteiger partial charge in [-0.25, -0.2) is 5.43 Å². The lowest BCUT2D eigenvalue weighted by atomic mass is 10.2. The number of amides is 2. The van der Waals surface area contributed by atoms with E-state index >= 15 is 0 Å². The number of rotatable bonds is 10. The van der Waals surface area contributed by atoms with Crippen molar-refractivity contribution in [1.29, 1.82) is 0 Å². The third kappa shape index (κ3) is 8.00. The monoisotopic (exact) mass is 641 g/mol. The Morgan fingerprint density at radius 1 is 1.03 bits per heavy atom. The normalized spacial score (nSPS) is 10.7. The van der Waals surface area contributed by atoms with Crippen LogP contribution >= 0.6 is 45.8 Å². The molecular weight excluding hydrogens is 620 g/mol. The number of benzene rings is 3. The summed E-state index contributed by atoms with van der Waals surface area (Å²) in [5, 5.41) is 7.62. The largest absolute Gasteiger partial charge is 0.497 e. The first-order chi connectivity index (χ1) is 17.3. The highest BCUT2D eigenvalue weighted by Crippen LogP contribution is 2.35. The standard InChI is InChI=1S/C25H22Cl2IN3O5/c1-34-19-5-3-4-18(11-19)30-23(32)12-24(33)31-29-13-15-8-21(28)25(22(9-15)35-2)36-14-16-6-7-17(26)10-20(16)27/h3-11,13H,12,14H2,1-2H3,(H,30,32)(H,31,33). The Morgan fingerprint density at radius 2 is 1.83 bits per heavy atom. The maximum Gasteiger partial charge on any atom is 0.249 e. The van der Waals surface area contributed by atoms with Crippen LogP contribution in [0.15, 0.2) is 59.7 Å². The third-order valence-electron chi connectivity index (χ3n) is 4.72. The van der Waals surface area contributed by atoms with E-state index in [-0.39, 0.29) is 6.61 Å². The van der Waals surface area contributed by atoms with Crippen LogP contribution in [-0.4, -0.2) is 32.2 Å². The fraction of sp³-hybridized carbons (Fsp3) is 0.160. The first kappa shape index (κ1) is 27.6. The molecule has 0 saturated carbocycles. The first-order valence-electron chi connectivity index (χ1n) is 10.5. The second-order valence-electron chi connectivity index (χ2n) is 7.31. The molecule has 0 unspecified atom stereocenters. The number of halogens is 3. The van der Waals surface area contributed by atoms with Crippen molar-refractivity contribution >= 4 is 69.5 Å². The molecule has 0 aliphatic heterocycles. The second-order valence-corrected chi connectivity index (χ2v) is 9.31. The van der Waals surface area contributed by atoms with Crippen LogP contribution in [0.4, 0.5) is 5.69 Å². The van der Waals surface area contributed by atoms with Crippen LogP contribution < -0.4 is 25.0 Å². The average Bonchev–Trinajstić information content (AvgIpc) is 2.84. The fourth-order valence-corrected chi connectivity index (χ4v) is 4.26. The number of methoxy groups -OCH3 is 2. The molecule has 0 spiro atoms. The zero-order valence-electron chi connectivity index (χ0n) is 19.3. The van der Waals surface area contributed by atoms with Gasteiger partial charge in [-0.3, -0.25) is 9.59 Å². The number of nitrogens with zero attached hydrogens (tertiary/aromatic N) is 1. The van der Waals surface area contributed by atoms with Crippen LogP contribution in [0.5, 0.6) is 17.2 Å². The van der Waals surface area contributed by atoms with Crippen molar-refractivity contribution in [2.24, 2.45) is 5.10 Å². The quantitative estimate of drug-likeness (QED) is 0.129. The number of hydrogen-bond donors (Lipinski definition) is 2. The van der Waals surface area contributed by atoms with Gasteiger partial charge in [-0.2, -0.15) is 5.10 Å². The maximum atomic E-state index is 12.1. The SMILES string of the molecule is COc1cccc(NC(=O)CC(=O)NN=Cc2cc(I)c(OCc3ccc(Cl)cc3Cl)c(OC)c2)c1. The smallest absolute Gasteiger partial charge is 0.249 e. The lowest BCUT2D eigenvalue weighted by Gasteiger charge is -2.14. The minimum atomic E-state index is -0.562. The van der Waals surface area contributed by atoms with Crippen molar-refractivity contribution < 1.29 is 23.8 Å². The van der Waals surface area contributed by atoms with Crippen LogP contribution in [0, 0.1) is 3.57 Å². The molecule has 2 amide bonds. The maximum absolute atomic E-state index is 12.1. The van der Waals surface area contributed by atoms with Crippen molar-refractivity contribution in [3.05, 3.63) is 79.3 Å². The molecule has 188 valence electrons. The van der Waals surface area contributed by atoms with Gasteiger partial charge < -0.3 is 19.5 Å². The third-order valence-corrected chi connectivity index (χ3v) is 6.10. The Labute approximate surface area is 232 Å². The Morgan fingerprint density at radius 3 is 2.56 bits per heavy atom. The topological polar surface area (TPSA) is 98.2 Å². The van der Waals surface area contributed by atoms with Crippen LogP contribution in [-0.2, 0) is 16.2 Å². The second kappa shape index (κ2) is 13.3. The highest BCUT2D eigenvalue weighted by Gasteiger charge is 2.13. The summed E-state index contributed by atoms with van der Waals surface area (Å²) < 4.78 is 17.3. The summed E-state index contributed by atoms with van der Waals surface area (Å²) in [7, 11) is 3.05. The molecule has 0 atom stereocenters. The van der Waals surface area contributed by atoms with E-state index in [1.165, 1.54) is 20.4 Å². The van der Waals surface area contributed by atoms with Crippen molar-refractivity contribution in [1.82, 2.24) is 5.43 Å². The lowest BCUT2D eigenvalue weighted by molar-refractivity contribution is -0.126. The summed E-state index contributed by atoms with van der Waals surface area (Å²) in [5.41, 5.74) is 4.31. The van der Waals surface area contributed by atoms with E-state index in [0.29, 0.717) is 38.5 Å². The minimum absolute atomic E-state index is 0.226. The molecule has 0 bridgehead atoms. The molecule has 2 N–H and O–H groups in total. The lowest BCUT2D eigenvalue weighted by Crippen LogP contribution is -2.24. The van der Waals surface area contributed by atoms with Crippen molar-refractivity contribution in [2.45, 2.75) is 13.0 Å². The highest BCUT2D eigenvalue weighted by atomic mass is 127. The Kier molecular flexibility index (Phi) is 10.2. The number of carbonyl (C=O) groups is 2. The molecule has 0 radical (unpaired) electrons. The van der Waals surface area contributed by atoms with Gasteiger partial charge in [0.05, 0.1) is 24.0 Å². The zero-order chi connectivity index (χ0) is 26.1. The van der Waals surface area contributed by atoms with E-state index in [1.807, 2.05) is 6.07 Å². The molecule has 3 aromatic rings. The van der Waals surface area contributed by atoms with Crippen molar-refractivity contribution in [3.63, 3.8) is 0 Å². The summed E-state index contributed by atoms with van der Waals surface area (Å²) in [4.78, 5) is 24.2. The van der Waals surface area contributed by atoms with Crippen LogP contribution in [0.25, 0.3) is 0 Å². The number of ether oxygens (including phenoxy) is 3. The van der Waals surface area contributed by atoms with Gasteiger partial charge >= 0.3 is 0 Å². The van der Waals surface area contributed by atoms with E-state index in [2.05, 4.69) is 38.4 Å². The van der Waals surface area contributed by atoms with E-state index in [9.17, 15) is 9.59 Å². The Hall–Kier alpha value is -3.02. The van der Waals surface area contributed by atoms with Gasteiger partial charge in [0, 0.05) is 27.4 Å². The molecule has 0 saturated heterocycles. The van der Waals surface area contributed by atoms with Crippen molar-refractivity contribution in [2.75, 3.05) is 19.5 Å². The molecule has 8 nitrogen and oxygen atoms in total. The summed E-state index contributed by atoms with van der Waals surface area (Å²) in [6, 6.07) is 15.6. The molecule has 11 heteroatoms. The van der Waals surface area contributed by atoms with Crippen molar-refractivity contribution in [3.8, 4) is 17.2 Å². The van der Waals surface area contributed by atoms with E-state index in [0.717, 1.165) is 9.13 Å². The van der Waals surface area contributed by atoms with Gasteiger partial charge in [-0.15, -0.1) is 0 Å². The average molecular weight is 642 g/mol. The summed E-state index contributed by atoms with van der Waals surface area (Å²) in [6.45, 7) is 0.226. The van der Waals surface area contributed by atoms with Gasteiger partial charge in [0.25, 0.3) is 0 Å². The Bertz CT molecular complexity index is 1290. The predicted molar refractivity (Wildman–Crippen MR) is 148 cm³/mol. The molecule has 0 aliphatic carbocycles. The number of hydrogen-bond acceptors (Lipinski definition) is 6. The van der Waals surface area contributed by atoms with Gasteiger partial charge in [-0.1, -0.05) is 35.3 Å². The highest BCUT2D eigenvalue weighted by molar-refractivity contribution is 14.1. The van der Waals surface area contributed by atoms with E-state index < -0.39 is 18.2 Å². The molecular formula is C25H22Cl2IN3O5. The van der Waals surface area contributed by atoms with Crippen LogP contribution in [0.1, 0.15) is 17.5 Å². The van der Waals surface area contributed by atoms with Gasteiger partial charge in [0.2, 0.25) is 11.8 Å². The van der Waals surface area contributed by atoms with E-state index in [4.69, 9.17) is 37.4 Å².